The van der Waals surface area contributed by atoms with E-state index in [1.54, 1.807) is 0 Å². The van der Waals surface area contributed by atoms with Crippen LogP contribution in [-0.2, 0) is 20.0 Å². The molecule has 0 aliphatic heterocycles. The van der Waals surface area contributed by atoms with Crippen LogP contribution in [0.25, 0.3) is 0 Å². The van der Waals surface area contributed by atoms with E-state index in [4.69, 9.17) is 32.8 Å². The van der Waals surface area contributed by atoms with Crippen LogP contribution in [-0.4, -0.2) is 50.9 Å². The van der Waals surface area contributed by atoms with E-state index in [1.165, 1.54) is 0 Å². The maximum absolute atomic E-state index is 9.72. The summed E-state index contributed by atoms with van der Waals surface area (Å²) in [6.45, 7) is 0. The summed E-state index contributed by atoms with van der Waals surface area (Å²) in [6.07, 6.45) is -2.54. The van der Waals surface area contributed by atoms with Crippen LogP contribution in [0.2, 0.25) is 0 Å². The molecule has 0 fully saturated rings. The molecule has 0 heterocycles. The minimum Gasteiger partial charge on any atom is -1.00 e. The van der Waals surface area contributed by atoms with Gasteiger partial charge in [0.2, 0.25) is 0 Å². The predicted octanol–water partition coefficient (Wildman–Crippen LogP) is -7.51. The largest absolute Gasteiger partial charge is 1.00 e. The summed E-state index contributed by atoms with van der Waals surface area (Å²) in [7, 11) is -4.67. The van der Waals surface area contributed by atoms with E-state index in [-0.39, 0.29) is 62.0 Å². The van der Waals surface area contributed by atoms with Gasteiger partial charge in [-0.25, -0.2) is 4.79 Å². The number of aliphatic carboxylic acids is 2. The topological polar surface area (TPSA) is 169 Å². The molecule has 5 N–H and O–H groups in total. The molecular weight excluding hydrogens is 270 g/mol. The van der Waals surface area contributed by atoms with Crippen LogP contribution in [0.15, 0.2) is 0 Å². The van der Waals surface area contributed by atoms with Gasteiger partial charge in [-0.05, 0) is 0 Å². The monoisotopic (exact) mass is 280 g/mol. The molecule has 0 spiro atoms. The molecule has 0 aromatic rings. The Bertz CT molecular complexity index is 300. The van der Waals surface area contributed by atoms with Crippen molar-refractivity contribution >= 4 is 22.3 Å². The Morgan fingerprint density at radius 1 is 1.12 bits per heavy atom. The maximum atomic E-state index is 9.72. The van der Waals surface area contributed by atoms with E-state index in [9.17, 15) is 9.59 Å². The van der Waals surface area contributed by atoms with Crippen molar-refractivity contribution in [1.82, 2.24) is 0 Å². The molecule has 0 radical (unpaired) electrons. The molecule has 0 aromatic heterocycles. The minimum absolute atomic E-state index is 0. The fraction of sp³-hybridized carbons (Fsp3) is 0.500. The Kier molecular flexibility index (Phi) is 19.6. The van der Waals surface area contributed by atoms with Gasteiger partial charge in [0, 0.05) is 0 Å². The molecular formula is C4H10Na2O9S. The number of hydrogen-bond acceptors (Lipinski definition) is 5. The number of carbonyl (C=O) groups is 2. The van der Waals surface area contributed by atoms with Crippen molar-refractivity contribution in [3.63, 3.8) is 0 Å². The van der Waals surface area contributed by atoms with Gasteiger partial charge in [0.25, 0.3) is 0 Å². The molecule has 88 valence electrons. The summed E-state index contributed by atoms with van der Waals surface area (Å²) in [5.74, 6) is -2.85. The average molecular weight is 280 g/mol. The second-order valence-electron chi connectivity index (χ2n) is 1.90. The van der Waals surface area contributed by atoms with Crippen molar-refractivity contribution in [2.24, 2.45) is 0 Å². The number of carboxylic acids is 2. The van der Waals surface area contributed by atoms with Gasteiger partial charge in [-0.3, -0.25) is 13.9 Å². The van der Waals surface area contributed by atoms with Gasteiger partial charge in [0.1, 0.15) is 0 Å². The van der Waals surface area contributed by atoms with Gasteiger partial charge in [0.15, 0.2) is 6.10 Å². The van der Waals surface area contributed by atoms with Gasteiger partial charge in [0.05, 0.1) is 6.42 Å². The Balaban J connectivity index is -0.0000000359. The molecule has 1 unspecified atom stereocenters. The summed E-state index contributed by atoms with van der Waals surface area (Å²) in [6, 6.07) is 0. The van der Waals surface area contributed by atoms with Crippen molar-refractivity contribution < 1.29 is 104 Å². The second kappa shape index (κ2) is 12.2. The molecule has 1 atom stereocenters. The Labute approximate surface area is 138 Å². The van der Waals surface area contributed by atoms with Crippen LogP contribution in [0, 0.1) is 0 Å². The molecule has 16 heavy (non-hydrogen) atoms. The summed E-state index contributed by atoms with van der Waals surface area (Å²) in [5.41, 5.74) is 0. The second-order valence-corrected chi connectivity index (χ2v) is 2.80. The first-order valence-corrected chi connectivity index (χ1v) is 4.26. The summed E-state index contributed by atoms with van der Waals surface area (Å²) in [4.78, 5) is 19.4. The number of aliphatic hydroxyl groups excluding tert-OH is 1. The summed E-state index contributed by atoms with van der Waals surface area (Å²) in [5, 5.41) is 24.1. The van der Waals surface area contributed by atoms with Crippen LogP contribution in [0.1, 0.15) is 9.27 Å². The van der Waals surface area contributed by atoms with Crippen molar-refractivity contribution in [3.05, 3.63) is 0 Å². The van der Waals surface area contributed by atoms with Crippen LogP contribution in [0.5, 0.6) is 0 Å². The van der Waals surface area contributed by atoms with Gasteiger partial charge in [-0.1, -0.05) is 0 Å². The first-order valence-electron chi connectivity index (χ1n) is 2.86. The molecule has 9 nitrogen and oxygen atoms in total. The van der Waals surface area contributed by atoms with Crippen LogP contribution >= 0.6 is 0 Å². The van der Waals surface area contributed by atoms with Gasteiger partial charge in [-0.15, -0.1) is 0 Å². The zero-order valence-corrected chi connectivity index (χ0v) is 13.4. The average Bonchev–Trinajstić information content (AvgIpc) is 1.80. The Morgan fingerprint density at radius 3 is 1.44 bits per heavy atom. The maximum Gasteiger partial charge on any atom is 1.00 e. The smallest absolute Gasteiger partial charge is 1.00 e. The Hall–Kier alpha value is 0.770. The summed E-state index contributed by atoms with van der Waals surface area (Å²) >= 11 is 0. The van der Waals surface area contributed by atoms with E-state index in [0.717, 1.165) is 0 Å². The molecule has 0 aliphatic rings. The third kappa shape index (κ3) is 36.4. The molecule has 0 aliphatic carbocycles. The van der Waals surface area contributed by atoms with Gasteiger partial charge >= 0.3 is 81.5 Å². The first-order chi connectivity index (χ1) is 6.04. The van der Waals surface area contributed by atoms with E-state index in [2.05, 4.69) is 0 Å². The number of hydrogen-bond donors (Lipinski definition) is 5. The minimum atomic E-state index is -4.67. The van der Waals surface area contributed by atoms with Crippen molar-refractivity contribution in [3.8, 4) is 0 Å². The number of rotatable bonds is 3. The third-order valence-electron chi connectivity index (χ3n) is 0.653. The number of aliphatic hydroxyl groups is 1. The Morgan fingerprint density at radius 2 is 1.38 bits per heavy atom. The number of carboxylic acid groups (broad SMARTS) is 2. The first kappa shape index (κ1) is 25.6. The standard InChI is InChI=1S/C4H6O5.2Na.H2O4S.2H/c5-2(4(8)9)1-3(6)7;;;1-5(2,3)4;;/h2,5H,1H2,(H,6,7)(H,8,9);;;(H2,1,2,3,4);;/q;2*+1;;2*-1. The van der Waals surface area contributed by atoms with E-state index in [0.29, 0.717) is 0 Å². The molecule has 0 saturated heterocycles. The molecule has 0 rings (SSSR count). The van der Waals surface area contributed by atoms with E-state index >= 15 is 0 Å². The zero-order chi connectivity index (χ0) is 11.9. The van der Waals surface area contributed by atoms with Crippen molar-refractivity contribution in [2.45, 2.75) is 12.5 Å². The normalized spacial score (nSPS) is 10.7. The van der Waals surface area contributed by atoms with E-state index < -0.39 is 34.9 Å². The van der Waals surface area contributed by atoms with Gasteiger partial charge < -0.3 is 18.2 Å². The molecule has 0 aromatic carbocycles. The third-order valence-corrected chi connectivity index (χ3v) is 0.653. The molecule has 12 heteroatoms. The quantitative estimate of drug-likeness (QED) is 0.249. The zero-order valence-electron chi connectivity index (χ0n) is 10.6. The van der Waals surface area contributed by atoms with Crippen molar-refractivity contribution in [2.75, 3.05) is 0 Å². The van der Waals surface area contributed by atoms with Crippen LogP contribution in [0.3, 0.4) is 0 Å². The van der Waals surface area contributed by atoms with Gasteiger partial charge in [-0.2, -0.15) is 8.42 Å². The molecule has 0 amide bonds. The van der Waals surface area contributed by atoms with Crippen LogP contribution < -0.4 is 59.1 Å². The predicted molar refractivity (Wildman–Crippen MR) is 42.3 cm³/mol. The van der Waals surface area contributed by atoms with Crippen LogP contribution in [0.4, 0.5) is 0 Å². The fourth-order valence-corrected chi connectivity index (χ4v) is 0.253. The SMILES string of the molecule is O=C(O)CC(O)C(=O)O.O=S(=O)(O)O.[H-].[H-].[Na+].[Na+]. The van der Waals surface area contributed by atoms with Crippen molar-refractivity contribution in [1.29, 1.82) is 0 Å². The fourth-order valence-electron chi connectivity index (χ4n) is 0.253. The van der Waals surface area contributed by atoms with E-state index in [1.807, 2.05) is 0 Å². The summed E-state index contributed by atoms with van der Waals surface area (Å²) < 4.78 is 31.6. The molecule has 0 saturated carbocycles. The molecule has 0 bridgehead atoms.